The number of nitrogens with one attached hydrogen (secondary N) is 1. The highest BCUT2D eigenvalue weighted by Crippen LogP contribution is 2.26. The number of H-pyrrole nitrogens is 1. The Hall–Kier alpha value is -1.88. The minimum Gasteiger partial charge on any atom is -0.369 e. The third kappa shape index (κ3) is 2.93. The number of aromatic nitrogens is 2. The first-order valence-corrected chi connectivity index (χ1v) is 7.45. The molecule has 2 aromatic rings. The number of imidazole rings is 1. The third-order valence-electron chi connectivity index (χ3n) is 4.11. The first-order chi connectivity index (χ1) is 10.0. The van der Waals surface area contributed by atoms with E-state index in [2.05, 4.69) is 45.9 Å². The number of Topliss-reactive ketones (excluding diaryl/α,β-unsaturated/α-hetero) is 1. The molecule has 1 fully saturated rings. The van der Waals surface area contributed by atoms with Crippen molar-refractivity contribution in [3.8, 4) is 0 Å². The van der Waals surface area contributed by atoms with Gasteiger partial charge in [-0.2, -0.15) is 0 Å². The lowest BCUT2D eigenvalue weighted by Gasteiger charge is -2.34. The van der Waals surface area contributed by atoms with Crippen LogP contribution in [0.5, 0.6) is 0 Å². The summed E-state index contributed by atoms with van der Waals surface area (Å²) in [6, 6.07) is 4.29. The molecule has 0 radical (unpaired) electrons. The Kier molecular flexibility index (Phi) is 3.68. The molecule has 0 bridgehead atoms. The van der Waals surface area contributed by atoms with Crippen LogP contribution in [0.1, 0.15) is 18.3 Å². The fourth-order valence-corrected chi connectivity index (χ4v) is 2.91. The van der Waals surface area contributed by atoms with Gasteiger partial charge in [0.25, 0.3) is 0 Å². The van der Waals surface area contributed by atoms with Crippen LogP contribution in [0.4, 0.5) is 5.69 Å². The fraction of sp³-hybridized carbons (Fsp3) is 0.500. The second kappa shape index (κ2) is 5.48. The molecule has 0 amide bonds. The summed E-state index contributed by atoms with van der Waals surface area (Å²) in [7, 11) is 2.16. The van der Waals surface area contributed by atoms with Gasteiger partial charge in [-0.3, -0.25) is 4.79 Å². The summed E-state index contributed by atoms with van der Waals surface area (Å²) in [5.74, 6) is 0.887. The third-order valence-corrected chi connectivity index (χ3v) is 4.11. The molecule has 0 atom stereocenters. The van der Waals surface area contributed by atoms with E-state index in [9.17, 15) is 4.79 Å². The quantitative estimate of drug-likeness (QED) is 0.934. The topological polar surface area (TPSA) is 52.2 Å². The van der Waals surface area contributed by atoms with Crippen LogP contribution in [-0.4, -0.2) is 53.9 Å². The van der Waals surface area contributed by atoms with Gasteiger partial charge in [0.15, 0.2) is 0 Å². The van der Waals surface area contributed by atoms with Crippen molar-refractivity contribution in [3.05, 3.63) is 23.5 Å². The Labute approximate surface area is 125 Å². The fourth-order valence-electron chi connectivity index (χ4n) is 2.91. The molecule has 1 aromatic carbocycles. The highest BCUT2D eigenvalue weighted by atomic mass is 16.1. The number of likely N-dealkylation sites (N-methyl/N-ethyl adjacent to an activating group) is 1. The van der Waals surface area contributed by atoms with Crippen LogP contribution >= 0.6 is 0 Å². The van der Waals surface area contributed by atoms with Gasteiger partial charge in [0.1, 0.15) is 11.6 Å². The number of aryl methyl sites for hydroxylation is 1. The van der Waals surface area contributed by atoms with Crippen LogP contribution in [0.15, 0.2) is 12.1 Å². The molecule has 112 valence electrons. The molecule has 1 aliphatic rings. The summed E-state index contributed by atoms with van der Waals surface area (Å²) in [6.45, 7) is 8.02. The minimum atomic E-state index is 0.130. The molecule has 21 heavy (non-hydrogen) atoms. The summed E-state index contributed by atoms with van der Waals surface area (Å²) in [4.78, 5) is 23.8. The molecule has 0 saturated carbocycles. The molecule has 1 aromatic heterocycles. The highest BCUT2D eigenvalue weighted by molar-refractivity contribution is 5.83. The minimum absolute atomic E-state index is 0.130. The average molecular weight is 286 g/mol. The Morgan fingerprint density at radius 3 is 2.67 bits per heavy atom. The van der Waals surface area contributed by atoms with E-state index in [1.807, 2.05) is 0 Å². The van der Waals surface area contributed by atoms with E-state index in [0.29, 0.717) is 6.42 Å². The van der Waals surface area contributed by atoms with Crippen LogP contribution in [-0.2, 0) is 11.2 Å². The predicted molar refractivity (Wildman–Crippen MR) is 84.9 cm³/mol. The molecule has 1 aliphatic heterocycles. The van der Waals surface area contributed by atoms with E-state index in [1.54, 1.807) is 6.92 Å². The smallest absolute Gasteiger partial charge is 0.137 e. The number of ketones is 1. The van der Waals surface area contributed by atoms with Gasteiger partial charge in [0, 0.05) is 31.9 Å². The molecule has 1 N–H and O–H groups in total. The molecule has 2 heterocycles. The monoisotopic (exact) mass is 286 g/mol. The zero-order valence-electron chi connectivity index (χ0n) is 12.9. The maximum Gasteiger partial charge on any atom is 0.137 e. The van der Waals surface area contributed by atoms with Gasteiger partial charge in [0.2, 0.25) is 0 Å². The maximum atomic E-state index is 11.2. The van der Waals surface area contributed by atoms with Crippen molar-refractivity contribution >= 4 is 22.5 Å². The second-order valence-electron chi connectivity index (χ2n) is 6.01. The van der Waals surface area contributed by atoms with Crippen LogP contribution in [0, 0.1) is 6.92 Å². The lowest BCUT2D eigenvalue weighted by atomic mass is 10.1. The zero-order valence-corrected chi connectivity index (χ0v) is 12.9. The first-order valence-electron chi connectivity index (χ1n) is 7.45. The summed E-state index contributed by atoms with van der Waals surface area (Å²) in [6.07, 6.45) is 0.373. The van der Waals surface area contributed by atoms with Gasteiger partial charge in [0.05, 0.1) is 17.5 Å². The van der Waals surface area contributed by atoms with Crippen molar-refractivity contribution in [2.75, 3.05) is 38.1 Å². The van der Waals surface area contributed by atoms with Crippen molar-refractivity contribution < 1.29 is 4.79 Å². The van der Waals surface area contributed by atoms with E-state index in [0.717, 1.165) is 43.0 Å². The maximum absolute atomic E-state index is 11.2. The SMILES string of the molecule is CC(=O)Cc1nc2cc(C)c(N3CCN(C)CC3)cc2[nH]1. The Balaban J connectivity index is 1.92. The van der Waals surface area contributed by atoms with Crippen molar-refractivity contribution in [1.82, 2.24) is 14.9 Å². The molecule has 5 heteroatoms. The molecule has 0 unspecified atom stereocenters. The highest BCUT2D eigenvalue weighted by Gasteiger charge is 2.17. The molecule has 0 spiro atoms. The van der Waals surface area contributed by atoms with Crippen molar-refractivity contribution in [2.45, 2.75) is 20.3 Å². The number of hydrogen-bond acceptors (Lipinski definition) is 4. The van der Waals surface area contributed by atoms with E-state index in [4.69, 9.17) is 0 Å². The number of aromatic amines is 1. The Bertz CT molecular complexity index is 668. The number of hydrogen-bond donors (Lipinski definition) is 1. The summed E-state index contributed by atoms with van der Waals surface area (Å²) in [5, 5.41) is 0. The Morgan fingerprint density at radius 2 is 2.00 bits per heavy atom. The first kappa shape index (κ1) is 14.1. The predicted octanol–water partition coefficient (Wildman–Crippen LogP) is 1.75. The largest absolute Gasteiger partial charge is 0.369 e. The van der Waals surface area contributed by atoms with Crippen molar-refractivity contribution in [1.29, 1.82) is 0 Å². The van der Waals surface area contributed by atoms with Crippen LogP contribution in [0.2, 0.25) is 0 Å². The number of rotatable bonds is 3. The number of nitrogens with zero attached hydrogens (tertiary/aromatic N) is 3. The van der Waals surface area contributed by atoms with E-state index < -0.39 is 0 Å². The average Bonchev–Trinajstić information content (AvgIpc) is 2.79. The van der Waals surface area contributed by atoms with E-state index >= 15 is 0 Å². The number of benzene rings is 1. The number of fused-ring (bicyclic) bond motifs is 1. The molecular formula is C16H22N4O. The van der Waals surface area contributed by atoms with E-state index in [1.165, 1.54) is 11.3 Å². The van der Waals surface area contributed by atoms with Gasteiger partial charge >= 0.3 is 0 Å². The number of carbonyl (C=O) groups excluding carboxylic acids is 1. The molecule has 3 rings (SSSR count). The lowest BCUT2D eigenvalue weighted by molar-refractivity contribution is -0.116. The second-order valence-corrected chi connectivity index (χ2v) is 6.01. The molecular weight excluding hydrogens is 264 g/mol. The van der Waals surface area contributed by atoms with Crippen LogP contribution in [0.25, 0.3) is 11.0 Å². The summed E-state index contributed by atoms with van der Waals surface area (Å²) >= 11 is 0. The van der Waals surface area contributed by atoms with Crippen molar-refractivity contribution in [2.24, 2.45) is 0 Å². The number of anilines is 1. The van der Waals surface area contributed by atoms with E-state index in [-0.39, 0.29) is 5.78 Å². The Morgan fingerprint density at radius 1 is 1.29 bits per heavy atom. The molecule has 1 saturated heterocycles. The summed E-state index contributed by atoms with van der Waals surface area (Å²) < 4.78 is 0. The van der Waals surface area contributed by atoms with Crippen molar-refractivity contribution in [3.63, 3.8) is 0 Å². The molecule has 5 nitrogen and oxygen atoms in total. The zero-order chi connectivity index (χ0) is 15.0. The van der Waals surface area contributed by atoms with Gasteiger partial charge < -0.3 is 14.8 Å². The van der Waals surface area contributed by atoms with Gasteiger partial charge in [-0.15, -0.1) is 0 Å². The molecule has 0 aliphatic carbocycles. The number of carbonyl (C=O) groups is 1. The van der Waals surface area contributed by atoms with Gasteiger partial charge in [-0.05, 0) is 38.6 Å². The van der Waals surface area contributed by atoms with Crippen LogP contribution in [0.3, 0.4) is 0 Å². The summed E-state index contributed by atoms with van der Waals surface area (Å²) in [5.41, 5.74) is 4.48. The number of piperazine rings is 1. The van der Waals surface area contributed by atoms with Crippen LogP contribution < -0.4 is 4.90 Å². The normalized spacial score (nSPS) is 16.6. The standard InChI is InChI=1S/C16H22N4O/c1-11-8-13-14(18-16(17-13)9-12(2)21)10-15(11)20-6-4-19(3)5-7-20/h8,10H,4-7,9H2,1-3H3,(H,17,18). The lowest BCUT2D eigenvalue weighted by Crippen LogP contribution is -2.44. The van der Waals surface area contributed by atoms with Gasteiger partial charge in [-0.1, -0.05) is 0 Å². The van der Waals surface area contributed by atoms with Gasteiger partial charge in [-0.25, -0.2) is 4.98 Å².